The van der Waals surface area contributed by atoms with Crippen molar-refractivity contribution in [1.82, 2.24) is 5.32 Å². The highest BCUT2D eigenvalue weighted by atomic mass is 79.9. The predicted molar refractivity (Wildman–Crippen MR) is 70.7 cm³/mol. The number of rotatable bonds is 4. The van der Waals surface area contributed by atoms with Gasteiger partial charge in [-0.05, 0) is 23.6 Å². The molecule has 0 saturated carbocycles. The summed E-state index contributed by atoms with van der Waals surface area (Å²) in [6.45, 7) is 7.44. The maximum atomic E-state index is 6.18. The van der Waals surface area contributed by atoms with Crippen molar-refractivity contribution in [3.05, 3.63) is 33.3 Å². The van der Waals surface area contributed by atoms with Crippen LogP contribution >= 0.6 is 27.5 Å². The molecule has 0 heterocycles. The fourth-order valence-electron chi connectivity index (χ4n) is 1.42. The molecular weight excluding hydrogens is 273 g/mol. The topological polar surface area (TPSA) is 12.0 Å². The Morgan fingerprint density at radius 1 is 1.33 bits per heavy atom. The van der Waals surface area contributed by atoms with Gasteiger partial charge in [-0.15, -0.1) is 0 Å². The second-order valence-corrected chi connectivity index (χ2v) is 5.45. The summed E-state index contributed by atoms with van der Waals surface area (Å²) in [5.74, 6) is 0.438. The van der Waals surface area contributed by atoms with Crippen molar-refractivity contribution < 1.29 is 0 Å². The Morgan fingerprint density at radius 2 is 2.00 bits per heavy atom. The van der Waals surface area contributed by atoms with E-state index in [-0.39, 0.29) is 0 Å². The Hall–Kier alpha value is -0.0500. The van der Waals surface area contributed by atoms with E-state index in [0.29, 0.717) is 12.0 Å². The molecule has 84 valence electrons. The highest BCUT2D eigenvalue weighted by Gasteiger charge is 2.09. The van der Waals surface area contributed by atoms with Gasteiger partial charge in [0.2, 0.25) is 0 Å². The minimum absolute atomic E-state index is 0.438. The maximum absolute atomic E-state index is 6.18. The summed E-state index contributed by atoms with van der Waals surface area (Å²) in [5.41, 5.74) is 1.20. The minimum Gasteiger partial charge on any atom is -0.314 e. The lowest BCUT2D eigenvalue weighted by atomic mass is 10.0. The first kappa shape index (κ1) is 13.0. The lowest BCUT2D eigenvalue weighted by Gasteiger charge is -2.16. The van der Waals surface area contributed by atoms with Crippen molar-refractivity contribution in [2.45, 2.75) is 32.7 Å². The van der Waals surface area contributed by atoms with Crippen molar-refractivity contribution in [1.29, 1.82) is 0 Å². The summed E-state index contributed by atoms with van der Waals surface area (Å²) in [4.78, 5) is 0. The smallest absolute Gasteiger partial charge is 0.0452 e. The second kappa shape index (κ2) is 5.88. The van der Waals surface area contributed by atoms with E-state index in [1.54, 1.807) is 0 Å². The van der Waals surface area contributed by atoms with E-state index in [1.165, 1.54) is 5.56 Å². The normalized spacial score (nSPS) is 13.2. The fraction of sp³-hybridized carbons (Fsp3) is 0.500. The Bertz CT molecular complexity index is 325. The van der Waals surface area contributed by atoms with E-state index in [0.717, 1.165) is 16.0 Å². The standard InChI is InChI=1S/C12H17BrClN/c1-8(2)15-7-9(3)11-5-4-10(13)6-12(11)14/h4-6,8-9,15H,7H2,1-3H3. The van der Waals surface area contributed by atoms with Gasteiger partial charge in [-0.1, -0.05) is 54.4 Å². The number of hydrogen-bond donors (Lipinski definition) is 1. The number of nitrogens with one attached hydrogen (secondary N) is 1. The highest BCUT2D eigenvalue weighted by molar-refractivity contribution is 9.10. The number of hydrogen-bond acceptors (Lipinski definition) is 1. The van der Waals surface area contributed by atoms with E-state index < -0.39 is 0 Å². The third-order valence-electron chi connectivity index (χ3n) is 2.33. The van der Waals surface area contributed by atoms with Gasteiger partial charge in [0.05, 0.1) is 0 Å². The SMILES string of the molecule is CC(C)NCC(C)c1ccc(Br)cc1Cl. The zero-order chi connectivity index (χ0) is 11.4. The van der Waals surface area contributed by atoms with Crippen molar-refractivity contribution in [2.75, 3.05) is 6.54 Å². The maximum Gasteiger partial charge on any atom is 0.0452 e. The van der Waals surface area contributed by atoms with Gasteiger partial charge < -0.3 is 5.32 Å². The van der Waals surface area contributed by atoms with Crippen LogP contribution in [0.3, 0.4) is 0 Å². The second-order valence-electron chi connectivity index (χ2n) is 4.13. The van der Waals surface area contributed by atoms with Crippen LogP contribution in [-0.4, -0.2) is 12.6 Å². The van der Waals surface area contributed by atoms with Gasteiger partial charge in [0.25, 0.3) is 0 Å². The van der Waals surface area contributed by atoms with Gasteiger partial charge in [0, 0.05) is 22.1 Å². The lowest BCUT2D eigenvalue weighted by molar-refractivity contribution is 0.548. The molecule has 0 bridgehead atoms. The molecule has 0 aliphatic rings. The van der Waals surface area contributed by atoms with Crippen molar-refractivity contribution in [3.8, 4) is 0 Å². The van der Waals surface area contributed by atoms with Gasteiger partial charge in [0.15, 0.2) is 0 Å². The molecule has 1 rings (SSSR count). The van der Waals surface area contributed by atoms with Crippen LogP contribution < -0.4 is 5.32 Å². The van der Waals surface area contributed by atoms with Crippen molar-refractivity contribution in [3.63, 3.8) is 0 Å². The molecule has 15 heavy (non-hydrogen) atoms. The molecule has 0 aliphatic carbocycles. The molecule has 1 atom stereocenters. The molecule has 0 saturated heterocycles. The quantitative estimate of drug-likeness (QED) is 0.876. The summed E-state index contributed by atoms with van der Waals surface area (Å²) in [6, 6.07) is 6.58. The zero-order valence-electron chi connectivity index (χ0n) is 9.35. The molecule has 0 spiro atoms. The number of benzene rings is 1. The number of halogens is 2. The molecular formula is C12H17BrClN. The van der Waals surface area contributed by atoms with Gasteiger partial charge >= 0.3 is 0 Å². The molecule has 0 radical (unpaired) electrons. The largest absolute Gasteiger partial charge is 0.314 e. The Balaban J connectivity index is 2.69. The van der Waals surface area contributed by atoms with E-state index in [1.807, 2.05) is 12.1 Å². The predicted octanol–water partition coefficient (Wildman–Crippen LogP) is 4.20. The molecule has 0 aromatic heterocycles. The molecule has 1 aromatic rings. The summed E-state index contributed by atoms with van der Waals surface area (Å²) in [5, 5.41) is 4.25. The van der Waals surface area contributed by atoms with Crippen LogP contribution in [0.4, 0.5) is 0 Å². The van der Waals surface area contributed by atoms with E-state index in [4.69, 9.17) is 11.6 Å². The fourth-order valence-corrected chi connectivity index (χ4v) is 2.28. The van der Waals surface area contributed by atoms with Gasteiger partial charge in [-0.2, -0.15) is 0 Å². The monoisotopic (exact) mass is 289 g/mol. The van der Waals surface area contributed by atoms with E-state index in [2.05, 4.69) is 48.1 Å². The van der Waals surface area contributed by atoms with Crippen LogP contribution in [0.25, 0.3) is 0 Å². The van der Waals surface area contributed by atoms with Crippen LogP contribution in [-0.2, 0) is 0 Å². The minimum atomic E-state index is 0.438. The Kier molecular flexibility index (Phi) is 5.10. The Morgan fingerprint density at radius 3 is 2.53 bits per heavy atom. The van der Waals surface area contributed by atoms with Crippen LogP contribution in [0.5, 0.6) is 0 Å². The van der Waals surface area contributed by atoms with Crippen LogP contribution in [0, 0.1) is 0 Å². The van der Waals surface area contributed by atoms with Gasteiger partial charge in [-0.3, -0.25) is 0 Å². The third-order valence-corrected chi connectivity index (χ3v) is 3.15. The summed E-state index contributed by atoms with van der Waals surface area (Å²) >= 11 is 9.59. The molecule has 0 fully saturated rings. The average molecular weight is 291 g/mol. The first-order valence-corrected chi connectivity index (χ1v) is 6.36. The summed E-state index contributed by atoms with van der Waals surface area (Å²) in [6.07, 6.45) is 0. The molecule has 0 amide bonds. The van der Waals surface area contributed by atoms with Gasteiger partial charge in [0.1, 0.15) is 0 Å². The molecule has 1 unspecified atom stereocenters. The molecule has 0 aliphatic heterocycles. The molecule has 1 aromatic carbocycles. The molecule has 1 nitrogen and oxygen atoms in total. The first-order valence-electron chi connectivity index (χ1n) is 5.19. The van der Waals surface area contributed by atoms with Gasteiger partial charge in [-0.25, -0.2) is 0 Å². The zero-order valence-corrected chi connectivity index (χ0v) is 11.7. The highest BCUT2D eigenvalue weighted by Crippen LogP contribution is 2.27. The van der Waals surface area contributed by atoms with E-state index >= 15 is 0 Å². The third kappa shape index (κ3) is 4.13. The average Bonchev–Trinajstić information content (AvgIpc) is 2.14. The van der Waals surface area contributed by atoms with Crippen LogP contribution in [0.15, 0.2) is 22.7 Å². The lowest BCUT2D eigenvalue weighted by Crippen LogP contribution is -2.27. The van der Waals surface area contributed by atoms with Crippen molar-refractivity contribution in [2.24, 2.45) is 0 Å². The van der Waals surface area contributed by atoms with Crippen molar-refractivity contribution >= 4 is 27.5 Å². The summed E-state index contributed by atoms with van der Waals surface area (Å²) in [7, 11) is 0. The molecule has 1 N–H and O–H groups in total. The van der Waals surface area contributed by atoms with E-state index in [9.17, 15) is 0 Å². The van der Waals surface area contributed by atoms with Crippen LogP contribution in [0.2, 0.25) is 5.02 Å². The first-order chi connectivity index (χ1) is 7.00. The van der Waals surface area contributed by atoms with Crippen LogP contribution in [0.1, 0.15) is 32.3 Å². The molecule has 3 heteroatoms. The Labute approximate surface area is 105 Å². The summed E-state index contributed by atoms with van der Waals surface area (Å²) < 4.78 is 1.03.